The summed E-state index contributed by atoms with van der Waals surface area (Å²) in [6.45, 7) is 3.45. The largest absolute Gasteiger partial charge is 0.345 e. The molecule has 0 heterocycles. The van der Waals surface area contributed by atoms with E-state index in [1.54, 1.807) is 11.9 Å². The molecule has 0 aromatic carbocycles. The summed E-state index contributed by atoms with van der Waals surface area (Å²) >= 11 is 0. The highest BCUT2D eigenvalue weighted by Gasteiger charge is 2.03. The molecular weight excluding hydrogens is 156 g/mol. The molecule has 0 aliphatic heterocycles. The van der Waals surface area contributed by atoms with E-state index in [4.69, 9.17) is 0 Å². The summed E-state index contributed by atoms with van der Waals surface area (Å²) in [5, 5.41) is 10.2. The quantitative estimate of drug-likeness (QED) is 0.579. The Bertz CT molecular complexity index is 139. The van der Waals surface area contributed by atoms with Gasteiger partial charge in [-0.3, -0.25) is 4.79 Å². The number of likely N-dealkylation sites (N-methyl/N-ethyl adjacent to an activating group) is 2. The molecule has 0 spiro atoms. The lowest BCUT2D eigenvalue weighted by Crippen LogP contribution is -2.34. The van der Waals surface area contributed by atoms with E-state index in [0.29, 0.717) is 13.1 Å². The summed E-state index contributed by atoms with van der Waals surface area (Å²) in [6.07, 6.45) is 0. The lowest BCUT2D eigenvalue weighted by atomic mass is 10.4. The predicted octanol–water partition coefficient (Wildman–Crippen LogP) is -0.173. The minimum absolute atomic E-state index is 0.0607. The average molecular weight is 173 g/mol. The second kappa shape index (κ2) is 5.97. The third kappa shape index (κ3) is 5.09. The SMILES string of the molecule is CC(=O)N(C)CCN(C)CC[O]. The van der Waals surface area contributed by atoms with Crippen LogP contribution < -0.4 is 0 Å². The normalized spacial score (nSPS) is 10.4. The molecule has 0 saturated heterocycles. The van der Waals surface area contributed by atoms with Gasteiger partial charge in [0.1, 0.15) is 0 Å². The van der Waals surface area contributed by atoms with Gasteiger partial charge in [0.2, 0.25) is 5.91 Å². The van der Waals surface area contributed by atoms with Gasteiger partial charge in [-0.2, -0.15) is 0 Å². The van der Waals surface area contributed by atoms with Gasteiger partial charge in [-0.05, 0) is 7.05 Å². The molecule has 0 aliphatic carbocycles. The standard InChI is InChI=1S/C8H17N2O2/c1-8(12)10(3)5-4-9(2)6-7-11/h4-7H2,1-3H3. The molecule has 0 unspecified atom stereocenters. The minimum atomic E-state index is -0.0830. The molecule has 1 radical (unpaired) electrons. The van der Waals surface area contributed by atoms with Crippen molar-refractivity contribution in [2.24, 2.45) is 0 Å². The minimum Gasteiger partial charge on any atom is -0.345 e. The predicted molar refractivity (Wildman–Crippen MR) is 46.4 cm³/mol. The van der Waals surface area contributed by atoms with Crippen molar-refractivity contribution < 1.29 is 9.90 Å². The van der Waals surface area contributed by atoms with Crippen LogP contribution >= 0.6 is 0 Å². The van der Waals surface area contributed by atoms with E-state index in [1.165, 1.54) is 6.92 Å². The molecule has 0 aliphatic rings. The number of carbonyl (C=O) groups is 1. The molecule has 1 amide bonds. The van der Waals surface area contributed by atoms with E-state index in [9.17, 15) is 9.90 Å². The van der Waals surface area contributed by atoms with Crippen molar-refractivity contribution in [1.82, 2.24) is 9.80 Å². The molecule has 0 aromatic rings. The highest BCUT2D eigenvalue weighted by atomic mass is 16.3. The van der Waals surface area contributed by atoms with Crippen molar-refractivity contribution in [3.05, 3.63) is 0 Å². The number of hydrogen-bond donors (Lipinski definition) is 0. The van der Waals surface area contributed by atoms with E-state index in [1.807, 2.05) is 11.9 Å². The number of nitrogens with zero attached hydrogens (tertiary/aromatic N) is 2. The summed E-state index contributed by atoms with van der Waals surface area (Å²) in [6, 6.07) is 0. The van der Waals surface area contributed by atoms with Crippen molar-refractivity contribution in [3.8, 4) is 0 Å². The molecule has 71 valence electrons. The second-order valence-electron chi connectivity index (χ2n) is 2.95. The van der Waals surface area contributed by atoms with E-state index in [0.717, 1.165) is 6.54 Å². The Balaban J connectivity index is 3.46. The highest BCUT2D eigenvalue weighted by molar-refractivity contribution is 5.72. The molecule has 4 nitrogen and oxygen atoms in total. The van der Waals surface area contributed by atoms with E-state index < -0.39 is 0 Å². The number of amides is 1. The van der Waals surface area contributed by atoms with Gasteiger partial charge in [0, 0.05) is 33.6 Å². The fourth-order valence-corrected chi connectivity index (χ4v) is 0.746. The Morgan fingerprint density at radius 1 is 1.17 bits per heavy atom. The van der Waals surface area contributed by atoms with Crippen molar-refractivity contribution in [3.63, 3.8) is 0 Å². The van der Waals surface area contributed by atoms with Gasteiger partial charge in [0.15, 0.2) is 0 Å². The van der Waals surface area contributed by atoms with Crippen LogP contribution in [0.5, 0.6) is 0 Å². The first-order valence-corrected chi connectivity index (χ1v) is 4.06. The maximum Gasteiger partial charge on any atom is 0.219 e. The van der Waals surface area contributed by atoms with Crippen LogP contribution in [-0.2, 0) is 9.90 Å². The van der Waals surface area contributed by atoms with Crippen molar-refractivity contribution in [2.45, 2.75) is 6.92 Å². The monoisotopic (exact) mass is 173 g/mol. The fraction of sp³-hybridized carbons (Fsp3) is 0.875. The van der Waals surface area contributed by atoms with Gasteiger partial charge in [0.25, 0.3) is 0 Å². The first-order valence-electron chi connectivity index (χ1n) is 4.06. The van der Waals surface area contributed by atoms with Gasteiger partial charge in [-0.1, -0.05) is 0 Å². The molecule has 0 atom stereocenters. The Hall–Kier alpha value is -0.610. The summed E-state index contributed by atoms with van der Waals surface area (Å²) in [5.74, 6) is 0.0607. The average Bonchev–Trinajstić information content (AvgIpc) is 2.00. The lowest BCUT2D eigenvalue weighted by molar-refractivity contribution is -0.127. The maximum atomic E-state index is 10.8. The Morgan fingerprint density at radius 3 is 2.17 bits per heavy atom. The first-order chi connectivity index (χ1) is 5.57. The van der Waals surface area contributed by atoms with Crippen LogP contribution in [0.2, 0.25) is 0 Å². The molecule has 0 fully saturated rings. The summed E-state index contributed by atoms with van der Waals surface area (Å²) < 4.78 is 0. The molecule has 0 aromatic heterocycles. The fourth-order valence-electron chi connectivity index (χ4n) is 0.746. The van der Waals surface area contributed by atoms with Crippen molar-refractivity contribution in [2.75, 3.05) is 40.3 Å². The molecule has 12 heavy (non-hydrogen) atoms. The molecule has 0 rings (SSSR count). The van der Waals surface area contributed by atoms with E-state index in [2.05, 4.69) is 0 Å². The third-order valence-electron chi connectivity index (χ3n) is 1.83. The van der Waals surface area contributed by atoms with Gasteiger partial charge in [-0.25, -0.2) is 5.11 Å². The number of rotatable bonds is 5. The summed E-state index contributed by atoms with van der Waals surface area (Å²) in [4.78, 5) is 14.3. The number of carbonyl (C=O) groups excluding carboxylic acids is 1. The zero-order chi connectivity index (χ0) is 9.56. The van der Waals surface area contributed by atoms with Crippen molar-refractivity contribution in [1.29, 1.82) is 0 Å². The first kappa shape index (κ1) is 11.4. The molecule has 0 saturated carbocycles. The molecule has 0 bridgehead atoms. The highest BCUT2D eigenvalue weighted by Crippen LogP contribution is 1.86. The van der Waals surface area contributed by atoms with Crippen LogP contribution in [0.1, 0.15) is 6.92 Å². The molecule has 0 N–H and O–H groups in total. The third-order valence-corrected chi connectivity index (χ3v) is 1.83. The van der Waals surface area contributed by atoms with Crippen LogP contribution in [0, 0.1) is 0 Å². The van der Waals surface area contributed by atoms with Crippen LogP contribution in [0.25, 0.3) is 0 Å². The van der Waals surface area contributed by atoms with Gasteiger partial charge in [0.05, 0.1) is 6.61 Å². The van der Waals surface area contributed by atoms with Gasteiger partial charge >= 0.3 is 0 Å². The van der Waals surface area contributed by atoms with Crippen LogP contribution in [-0.4, -0.2) is 56.0 Å². The lowest BCUT2D eigenvalue weighted by Gasteiger charge is -2.19. The van der Waals surface area contributed by atoms with E-state index >= 15 is 0 Å². The van der Waals surface area contributed by atoms with Crippen LogP contribution in [0.3, 0.4) is 0 Å². The van der Waals surface area contributed by atoms with E-state index in [-0.39, 0.29) is 12.5 Å². The molecule has 4 heteroatoms. The van der Waals surface area contributed by atoms with Gasteiger partial charge in [-0.15, -0.1) is 0 Å². The van der Waals surface area contributed by atoms with Crippen molar-refractivity contribution >= 4 is 5.91 Å². The number of hydrogen-bond acceptors (Lipinski definition) is 2. The zero-order valence-electron chi connectivity index (χ0n) is 8.04. The summed E-state index contributed by atoms with van der Waals surface area (Å²) in [5.41, 5.74) is 0. The Kier molecular flexibility index (Phi) is 5.66. The van der Waals surface area contributed by atoms with Crippen LogP contribution in [0.4, 0.5) is 0 Å². The zero-order valence-corrected chi connectivity index (χ0v) is 8.04. The second-order valence-corrected chi connectivity index (χ2v) is 2.95. The smallest absolute Gasteiger partial charge is 0.219 e. The molecular formula is C8H17N2O2. The Morgan fingerprint density at radius 2 is 1.75 bits per heavy atom. The topological polar surface area (TPSA) is 43.5 Å². The summed E-state index contributed by atoms with van der Waals surface area (Å²) in [7, 11) is 3.64. The Labute approximate surface area is 73.8 Å². The van der Waals surface area contributed by atoms with Gasteiger partial charge < -0.3 is 9.80 Å². The van der Waals surface area contributed by atoms with Crippen LogP contribution in [0.15, 0.2) is 0 Å². The maximum absolute atomic E-state index is 10.8.